The van der Waals surface area contributed by atoms with E-state index in [-0.39, 0.29) is 43.8 Å². The molecule has 2 heterocycles. The number of nitrogens with zero attached hydrogens (tertiary/aromatic N) is 4. The van der Waals surface area contributed by atoms with Crippen molar-refractivity contribution < 1.29 is 23.2 Å². The minimum atomic E-state index is -0.886. The average Bonchev–Trinajstić information content (AvgIpc) is 3.13. The number of piperidine rings is 1. The number of nitrogens with one attached hydrogen (secondary N) is 1. The molecule has 0 aliphatic carbocycles. The van der Waals surface area contributed by atoms with Crippen LogP contribution >= 0.6 is 0 Å². The van der Waals surface area contributed by atoms with Gasteiger partial charge in [-0.05, 0) is 51.0 Å². The summed E-state index contributed by atoms with van der Waals surface area (Å²) in [6.07, 6.45) is 0.714. The molecule has 192 valence electrons. The van der Waals surface area contributed by atoms with E-state index in [4.69, 9.17) is 0 Å². The van der Waals surface area contributed by atoms with Gasteiger partial charge in [-0.2, -0.15) is 0 Å². The maximum absolute atomic E-state index is 14.0. The topological polar surface area (TPSA) is 76.2 Å². The van der Waals surface area contributed by atoms with Gasteiger partial charge in [-0.25, -0.2) is 13.6 Å². The van der Waals surface area contributed by atoms with Crippen molar-refractivity contribution in [3.05, 3.63) is 60.2 Å². The fraction of sp³-hybridized carbons (Fsp3) is 0.423. The molecule has 36 heavy (non-hydrogen) atoms. The third kappa shape index (κ3) is 4.84. The summed E-state index contributed by atoms with van der Waals surface area (Å²) in [7, 11) is 0. The van der Waals surface area contributed by atoms with Crippen LogP contribution in [0.1, 0.15) is 26.7 Å². The van der Waals surface area contributed by atoms with Gasteiger partial charge in [-0.3, -0.25) is 9.59 Å². The zero-order valence-electron chi connectivity index (χ0n) is 20.5. The highest BCUT2D eigenvalue weighted by Crippen LogP contribution is 2.39. The van der Waals surface area contributed by atoms with E-state index in [1.54, 1.807) is 9.80 Å². The Morgan fingerprint density at radius 2 is 1.69 bits per heavy atom. The number of carbonyl (C=O) groups excluding carboxylic acids is 3. The monoisotopic (exact) mass is 499 g/mol. The lowest BCUT2D eigenvalue weighted by atomic mass is 9.85. The summed E-state index contributed by atoms with van der Waals surface area (Å²) in [6, 6.07) is 12.0. The first-order valence-electron chi connectivity index (χ1n) is 12.2. The first-order valence-corrected chi connectivity index (χ1v) is 12.2. The molecule has 0 unspecified atom stereocenters. The first kappa shape index (κ1) is 25.4. The molecular weight excluding hydrogens is 468 g/mol. The van der Waals surface area contributed by atoms with Gasteiger partial charge in [0.2, 0.25) is 5.91 Å². The lowest BCUT2D eigenvalue weighted by Gasteiger charge is -2.43. The molecule has 8 nitrogen and oxygen atoms in total. The van der Waals surface area contributed by atoms with Gasteiger partial charge in [0.1, 0.15) is 23.7 Å². The van der Waals surface area contributed by atoms with Crippen molar-refractivity contribution in [3.8, 4) is 0 Å². The Morgan fingerprint density at radius 3 is 2.31 bits per heavy atom. The summed E-state index contributed by atoms with van der Waals surface area (Å²) in [6.45, 7) is 5.77. The molecule has 1 N–H and O–H groups in total. The Kier molecular flexibility index (Phi) is 7.42. The Labute approximate surface area is 209 Å². The number of rotatable bonds is 6. The number of halogens is 2. The van der Waals surface area contributed by atoms with Gasteiger partial charge < -0.3 is 24.9 Å². The molecule has 0 radical (unpaired) electrons. The van der Waals surface area contributed by atoms with E-state index >= 15 is 0 Å². The molecule has 1 spiro atoms. The minimum absolute atomic E-state index is 0.000356. The summed E-state index contributed by atoms with van der Waals surface area (Å²) in [5.41, 5.74) is -0.122. The molecule has 0 aromatic heterocycles. The molecular formula is C26H31F2N5O3. The highest BCUT2D eigenvalue weighted by molar-refractivity contribution is 5.97. The first-order chi connectivity index (χ1) is 17.3. The van der Waals surface area contributed by atoms with Crippen molar-refractivity contribution in [2.24, 2.45) is 0 Å². The third-order valence-corrected chi connectivity index (χ3v) is 7.07. The number of hydrogen-bond acceptors (Lipinski definition) is 4. The smallest absolute Gasteiger partial charge is 0.321 e. The number of carbonyl (C=O) groups is 3. The van der Waals surface area contributed by atoms with Crippen LogP contribution in [0.25, 0.3) is 0 Å². The zero-order chi connectivity index (χ0) is 25.9. The molecule has 4 amide bonds. The summed E-state index contributed by atoms with van der Waals surface area (Å²) >= 11 is 0. The zero-order valence-corrected chi connectivity index (χ0v) is 20.5. The third-order valence-electron chi connectivity index (χ3n) is 7.07. The number of para-hydroxylation sites is 1. The Hall–Kier alpha value is -3.69. The quantitative estimate of drug-likeness (QED) is 0.660. The van der Waals surface area contributed by atoms with E-state index in [0.717, 1.165) is 11.8 Å². The Morgan fingerprint density at radius 1 is 1.03 bits per heavy atom. The van der Waals surface area contributed by atoms with E-state index in [0.29, 0.717) is 32.0 Å². The molecule has 2 aromatic rings. The van der Waals surface area contributed by atoms with Crippen LogP contribution in [0.2, 0.25) is 0 Å². The summed E-state index contributed by atoms with van der Waals surface area (Å²) in [5.74, 6) is -1.81. The van der Waals surface area contributed by atoms with E-state index in [1.807, 2.05) is 49.1 Å². The Balaban J connectivity index is 1.51. The van der Waals surface area contributed by atoms with Gasteiger partial charge in [-0.15, -0.1) is 0 Å². The Bertz CT molecular complexity index is 1120. The highest BCUT2D eigenvalue weighted by atomic mass is 19.1. The second-order valence-electron chi connectivity index (χ2n) is 9.05. The SMILES string of the molecule is CCN(CC)C(=O)CN1CN(c2ccccc2)C2(CCN(C(=O)Nc3ccc(F)cc3F)CC2)C1=O. The summed E-state index contributed by atoms with van der Waals surface area (Å²) in [4.78, 5) is 46.2. The lowest BCUT2D eigenvalue weighted by Crippen LogP contribution is -2.58. The largest absolute Gasteiger partial charge is 0.342 e. The number of anilines is 2. The molecule has 2 fully saturated rings. The maximum Gasteiger partial charge on any atom is 0.321 e. The highest BCUT2D eigenvalue weighted by Gasteiger charge is 2.54. The molecule has 2 aliphatic heterocycles. The van der Waals surface area contributed by atoms with Crippen molar-refractivity contribution >= 4 is 29.2 Å². The fourth-order valence-corrected chi connectivity index (χ4v) is 5.03. The number of likely N-dealkylation sites (tertiary alicyclic amines) is 1. The van der Waals surface area contributed by atoms with Crippen molar-refractivity contribution in [2.75, 3.05) is 49.6 Å². The molecule has 2 aliphatic rings. The standard InChI is InChI=1S/C26H31F2N5O3/c1-3-30(4-2)23(34)17-32-18-33(20-8-6-5-7-9-20)26(24(32)35)12-14-31(15-13-26)25(36)29-22-11-10-19(27)16-21(22)28/h5-11,16H,3-4,12-15,17-18H2,1-2H3,(H,29,36). The van der Waals surface area contributed by atoms with Crippen molar-refractivity contribution in [2.45, 2.75) is 32.2 Å². The van der Waals surface area contributed by atoms with Crippen LogP contribution < -0.4 is 10.2 Å². The second kappa shape index (κ2) is 10.5. The van der Waals surface area contributed by atoms with Crippen LogP contribution in [-0.4, -0.2) is 77.5 Å². The summed E-state index contributed by atoms with van der Waals surface area (Å²) in [5, 5.41) is 2.49. The van der Waals surface area contributed by atoms with Gasteiger partial charge in [-0.1, -0.05) is 18.2 Å². The number of likely N-dealkylation sites (N-methyl/N-ethyl adjacent to an activating group) is 1. The van der Waals surface area contributed by atoms with Crippen LogP contribution in [0.15, 0.2) is 48.5 Å². The molecule has 2 aromatic carbocycles. The van der Waals surface area contributed by atoms with Gasteiger partial charge in [0.15, 0.2) is 0 Å². The molecule has 0 saturated carbocycles. The van der Waals surface area contributed by atoms with Crippen molar-refractivity contribution in [1.29, 1.82) is 0 Å². The lowest BCUT2D eigenvalue weighted by molar-refractivity contribution is -0.140. The van der Waals surface area contributed by atoms with E-state index in [9.17, 15) is 23.2 Å². The number of amides is 4. The molecule has 4 rings (SSSR count). The molecule has 0 bridgehead atoms. The molecule has 10 heteroatoms. The second-order valence-corrected chi connectivity index (χ2v) is 9.05. The predicted octanol–water partition coefficient (Wildman–Crippen LogP) is 3.51. The maximum atomic E-state index is 14.0. The van der Waals surface area contributed by atoms with Gasteiger partial charge in [0.25, 0.3) is 5.91 Å². The van der Waals surface area contributed by atoms with E-state index in [2.05, 4.69) is 5.32 Å². The van der Waals surface area contributed by atoms with E-state index in [1.165, 1.54) is 11.0 Å². The van der Waals surface area contributed by atoms with Gasteiger partial charge >= 0.3 is 6.03 Å². The molecule has 0 atom stereocenters. The molecule has 2 saturated heterocycles. The normalized spacial score (nSPS) is 17.0. The minimum Gasteiger partial charge on any atom is -0.342 e. The number of hydrogen-bond donors (Lipinski definition) is 1. The van der Waals surface area contributed by atoms with Crippen LogP contribution in [0, 0.1) is 11.6 Å². The number of urea groups is 1. The van der Waals surface area contributed by atoms with Crippen LogP contribution in [-0.2, 0) is 9.59 Å². The van der Waals surface area contributed by atoms with Gasteiger partial charge in [0.05, 0.1) is 12.4 Å². The van der Waals surface area contributed by atoms with Gasteiger partial charge in [0, 0.05) is 37.9 Å². The predicted molar refractivity (Wildman–Crippen MR) is 132 cm³/mol. The summed E-state index contributed by atoms with van der Waals surface area (Å²) < 4.78 is 27.2. The van der Waals surface area contributed by atoms with Crippen LogP contribution in [0.5, 0.6) is 0 Å². The van der Waals surface area contributed by atoms with Crippen molar-refractivity contribution in [3.63, 3.8) is 0 Å². The average molecular weight is 500 g/mol. The fourth-order valence-electron chi connectivity index (χ4n) is 5.03. The van der Waals surface area contributed by atoms with Crippen LogP contribution in [0.3, 0.4) is 0 Å². The number of benzene rings is 2. The van der Waals surface area contributed by atoms with Crippen LogP contribution in [0.4, 0.5) is 25.0 Å². The van der Waals surface area contributed by atoms with Crippen molar-refractivity contribution in [1.82, 2.24) is 14.7 Å². The van der Waals surface area contributed by atoms with E-state index < -0.39 is 23.2 Å².